The summed E-state index contributed by atoms with van der Waals surface area (Å²) in [5.41, 5.74) is 2.97. The number of nitrogens with one attached hydrogen (secondary N) is 2. The third kappa shape index (κ3) is 7.78. The molecule has 1 aromatic carbocycles. The average Bonchev–Trinajstić information content (AvgIpc) is 3.03. The highest BCUT2D eigenvalue weighted by Crippen LogP contribution is 2.24. The van der Waals surface area contributed by atoms with E-state index in [-0.39, 0.29) is 29.6 Å². The first kappa shape index (κ1) is 23.3. The maximum Gasteiger partial charge on any atom is 0.191 e. The van der Waals surface area contributed by atoms with Gasteiger partial charge in [0.25, 0.3) is 0 Å². The zero-order valence-corrected chi connectivity index (χ0v) is 19.4. The minimum Gasteiger partial charge on any atom is -0.488 e. The highest BCUT2D eigenvalue weighted by molar-refractivity contribution is 14.0. The molecule has 0 aliphatic heterocycles. The van der Waals surface area contributed by atoms with E-state index in [1.807, 2.05) is 13.0 Å². The van der Waals surface area contributed by atoms with Crippen molar-refractivity contribution in [3.63, 3.8) is 0 Å². The molecule has 0 fully saturated rings. The fraction of sp³-hybridized carbons (Fsp3) is 0.500. The number of ether oxygens (including phenoxy) is 1. The van der Waals surface area contributed by atoms with Gasteiger partial charge in [-0.3, -0.25) is 4.99 Å². The second-order valence-electron chi connectivity index (χ2n) is 7.24. The van der Waals surface area contributed by atoms with Crippen LogP contribution >= 0.6 is 24.0 Å². The Balaban J connectivity index is 0.00000364. The maximum absolute atomic E-state index is 6.10. The van der Waals surface area contributed by atoms with Crippen molar-refractivity contribution in [1.29, 1.82) is 0 Å². The van der Waals surface area contributed by atoms with E-state index in [1.165, 1.54) is 5.56 Å². The van der Waals surface area contributed by atoms with Crippen molar-refractivity contribution >= 4 is 29.9 Å². The zero-order chi connectivity index (χ0) is 19.2. The highest BCUT2D eigenvalue weighted by atomic mass is 127. The molecule has 0 aliphatic carbocycles. The molecule has 0 saturated carbocycles. The Morgan fingerprint density at radius 3 is 2.48 bits per heavy atom. The molecule has 0 unspecified atom stereocenters. The van der Waals surface area contributed by atoms with Gasteiger partial charge in [-0.2, -0.15) is 0 Å². The predicted octanol–water partition coefficient (Wildman–Crippen LogP) is 4.21. The van der Waals surface area contributed by atoms with Crippen LogP contribution in [0.5, 0.6) is 5.75 Å². The Bertz CT molecular complexity index is 751. The SMILES string of the molecule is CCc1cc(CNC(=NC)NCc2ccc(C)cc2OC(C)(C)C)on1.I. The molecule has 2 aromatic rings. The predicted molar refractivity (Wildman–Crippen MR) is 120 cm³/mol. The third-order valence-electron chi connectivity index (χ3n) is 3.71. The van der Waals surface area contributed by atoms with Crippen LogP contribution in [0.1, 0.15) is 50.3 Å². The molecule has 0 amide bonds. The summed E-state index contributed by atoms with van der Waals surface area (Å²) in [6.45, 7) is 11.4. The van der Waals surface area contributed by atoms with E-state index in [0.29, 0.717) is 19.0 Å². The van der Waals surface area contributed by atoms with Crippen LogP contribution in [-0.2, 0) is 19.5 Å². The number of hydrogen-bond acceptors (Lipinski definition) is 4. The Kier molecular flexibility index (Phi) is 9.08. The molecule has 0 atom stereocenters. The highest BCUT2D eigenvalue weighted by Gasteiger charge is 2.15. The largest absolute Gasteiger partial charge is 0.488 e. The van der Waals surface area contributed by atoms with Crippen LogP contribution in [0.3, 0.4) is 0 Å². The van der Waals surface area contributed by atoms with Gasteiger partial charge in [0.1, 0.15) is 11.4 Å². The summed E-state index contributed by atoms with van der Waals surface area (Å²) >= 11 is 0. The van der Waals surface area contributed by atoms with Crippen molar-refractivity contribution in [1.82, 2.24) is 15.8 Å². The van der Waals surface area contributed by atoms with Crippen molar-refractivity contribution in [2.45, 2.75) is 59.7 Å². The van der Waals surface area contributed by atoms with Gasteiger partial charge in [-0.1, -0.05) is 24.2 Å². The number of benzene rings is 1. The first-order valence-corrected chi connectivity index (χ1v) is 8.98. The van der Waals surface area contributed by atoms with Crippen molar-refractivity contribution in [3.8, 4) is 5.75 Å². The summed E-state index contributed by atoms with van der Waals surface area (Å²) in [6, 6.07) is 8.19. The third-order valence-corrected chi connectivity index (χ3v) is 3.71. The van der Waals surface area contributed by atoms with Crippen LogP contribution in [-0.4, -0.2) is 23.8 Å². The van der Waals surface area contributed by atoms with E-state index >= 15 is 0 Å². The number of aliphatic imine (C=N–C) groups is 1. The molecule has 6 nitrogen and oxygen atoms in total. The van der Waals surface area contributed by atoms with E-state index in [9.17, 15) is 0 Å². The minimum atomic E-state index is -0.244. The Morgan fingerprint density at radius 1 is 1.19 bits per heavy atom. The standard InChI is InChI=1S/C20H30N4O2.HI/c1-7-16-11-17(26-24-16)13-23-19(21-6)22-12-15-9-8-14(2)10-18(15)25-20(3,4)5;/h8-11H,7,12-13H2,1-6H3,(H2,21,22,23);1H. The van der Waals surface area contributed by atoms with Gasteiger partial charge in [-0.05, 0) is 45.7 Å². The van der Waals surface area contributed by atoms with Crippen LogP contribution < -0.4 is 15.4 Å². The zero-order valence-electron chi connectivity index (χ0n) is 17.0. The van der Waals surface area contributed by atoms with Crippen LogP contribution in [0.15, 0.2) is 33.8 Å². The molecule has 0 bridgehead atoms. The van der Waals surface area contributed by atoms with Gasteiger partial charge >= 0.3 is 0 Å². The summed E-state index contributed by atoms with van der Waals surface area (Å²) in [6.07, 6.45) is 0.862. The summed E-state index contributed by atoms with van der Waals surface area (Å²) in [5.74, 6) is 2.38. The molecule has 0 spiro atoms. The molecule has 7 heteroatoms. The van der Waals surface area contributed by atoms with E-state index in [1.54, 1.807) is 7.05 Å². The number of rotatable bonds is 6. The number of nitrogens with zero attached hydrogens (tertiary/aromatic N) is 2. The van der Waals surface area contributed by atoms with Gasteiger partial charge in [0.15, 0.2) is 11.7 Å². The van der Waals surface area contributed by atoms with E-state index in [4.69, 9.17) is 9.26 Å². The molecular weight excluding hydrogens is 455 g/mol. The molecule has 2 rings (SSSR count). The minimum absolute atomic E-state index is 0. The topological polar surface area (TPSA) is 71.7 Å². The fourth-order valence-electron chi connectivity index (χ4n) is 2.41. The summed E-state index contributed by atoms with van der Waals surface area (Å²) in [5, 5.41) is 10.6. The van der Waals surface area contributed by atoms with Gasteiger partial charge in [0.2, 0.25) is 0 Å². The van der Waals surface area contributed by atoms with E-state index in [2.05, 4.69) is 66.7 Å². The molecule has 1 heterocycles. The Morgan fingerprint density at radius 2 is 1.89 bits per heavy atom. The lowest BCUT2D eigenvalue weighted by Crippen LogP contribution is -2.36. The number of halogens is 1. The first-order chi connectivity index (χ1) is 12.3. The summed E-state index contributed by atoms with van der Waals surface area (Å²) in [4.78, 5) is 4.26. The average molecular weight is 486 g/mol. The number of hydrogen-bond donors (Lipinski definition) is 2. The quantitative estimate of drug-likeness (QED) is 0.364. The molecule has 0 saturated heterocycles. The molecule has 150 valence electrons. The van der Waals surface area contributed by atoms with Crippen LogP contribution in [0.25, 0.3) is 0 Å². The Labute approximate surface area is 179 Å². The molecule has 1 aromatic heterocycles. The summed E-state index contributed by atoms with van der Waals surface area (Å²) < 4.78 is 11.4. The lowest BCUT2D eigenvalue weighted by Gasteiger charge is -2.24. The normalized spacial score (nSPS) is 11.7. The number of aromatic nitrogens is 1. The van der Waals surface area contributed by atoms with Crippen molar-refractivity contribution in [2.24, 2.45) is 4.99 Å². The summed E-state index contributed by atoms with van der Waals surface area (Å²) in [7, 11) is 1.74. The van der Waals surface area contributed by atoms with Gasteiger partial charge in [0.05, 0.1) is 12.2 Å². The molecule has 0 radical (unpaired) electrons. The molecular formula is C20H31IN4O2. The lowest BCUT2D eigenvalue weighted by atomic mass is 10.1. The van der Waals surface area contributed by atoms with E-state index < -0.39 is 0 Å². The van der Waals surface area contributed by atoms with E-state index in [0.717, 1.165) is 29.2 Å². The molecule has 2 N–H and O–H groups in total. The van der Waals surface area contributed by atoms with Crippen molar-refractivity contribution in [3.05, 3.63) is 46.8 Å². The second kappa shape index (κ2) is 10.5. The van der Waals surface area contributed by atoms with Crippen LogP contribution in [0, 0.1) is 6.92 Å². The molecule has 0 aliphatic rings. The van der Waals surface area contributed by atoms with Crippen molar-refractivity contribution in [2.75, 3.05) is 7.05 Å². The van der Waals surface area contributed by atoms with Crippen molar-refractivity contribution < 1.29 is 9.26 Å². The maximum atomic E-state index is 6.10. The van der Waals surface area contributed by atoms with Gasteiger partial charge in [-0.25, -0.2) is 0 Å². The molecule has 27 heavy (non-hydrogen) atoms. The smallest absolute Gasteiger partial charge is 0.191 e. The first-order valence-electron chi connectivity index (χ1n) is 8.98. The van der Waals surface area contributed by atoms with Gasteiger partial charge in [-0.15, -0.1) is 24.0 Å². The fourth-order valence-corrected chi connectivity index (χ4v) is 2.41. The van der Waals surface area contributed by atoms with Crippen LogP contribution in [0.2, 0.25) is 0 Å². The monoisotopic (exact) mass is 486 g/mol. The number of guanidine groups is 1. The number of aryl methyl sites for hydroxylation is 2. The second-order valence-corrected chi connectivity index (χ2v) is 7.24. The van der Waals surface area contributed by atoms with Crippen LogP contribution in [0.4, 0.5) is 0 Å². The Hall–Kier alpha value is -1.77. The lowest BCUT2D eigenvalue weighted by molar-refractivity contribution is 0.129. The van der Waals surface area contributed by atoms with Gasteiger partial charge < -0.3 is 19.9 Å². The van der Waals surface area contributed by atoms with Gasteiger partial charge in [0, 0.05) is 25.2 Å².